The topological polar surface area (TPSA) is 76.1 Å². The summed E-state index contributed by atoms with van der Waals surface area (Å²) in [5.74, 6) is 1.37. The summed E-state index contributed by atoms with van der Waals surface area (Å²) in [7, 11) is 0. The molecule has 0 rings (SSSR count). The maximum atomic E-state index is 12.5. The van der Waals surface area contributed by atoms with Gasteiger partial charge in [-0.2, -0.15) is 0 Å². The minimum atomic E-state index is 0.00414. The third-order valence-electron chi connectivity index (χ3n) is 11.8. The molecule has 0 aromatic rings. The molecule has 0 fully saturated rings. The highest BCUT2D eigenvalue weighted by atomic mass is 16.5. The summed E-state index contributed by atoms with van der Waals surface area (Å²) < 4.78 is 11.3. The van der Waals surface area contributed by atoms with Crippen LogP contribution in [0, 0.1) is 11.8 Å². The van der Waals surface area contributed by atoms with Gasteiger partial charge in [-0.1, -0.05) is 182 Å². The molecule has 0 aliphatic heterocycles. The minimum Gasteiger partial charge on any atom is -0.466 e. The molecule has 0 atom stereocenters. The number of carbonyl (C=O) groups excluding carboxylic acids is 2. The molecule has 0 bridgehead atoms. The first kappa shape index (κ1) is 53.9. The van der Waals surface area contributed by atoms with Crippen molar-refractivity contribution in [2.24, 2.45) is 11.8 Å². The molecule has 6 heteroatoms. The van der Waals surface area contributed by atoms with E-state index in [-0.39, 0.29) is 18.5 Å². The Balaban J connectivity index is 4.23. The van der Waals surface area contributed by atoms with Crippen molar-refractivity contribution in [2.45, 2.75) is 252 Å². The van der Waals surface area contributed by atoms with E-state index >= 15 is 0 Å². The van der Waals surface area contributed by atoms with Crippen molar-refractivity contribution >= 4 is 11.9 Å². The van der Waals surface area contributed by atoms with Crippen molar-refractivity contribution in [1.29, 1.82) is 0 Å². The van der Waals surface area contributed by atoms with Gasteiger partial charge in [0, 0.05) is 19.4 Å². The first-order chi connectivity index (χ1) is 27.0. The number of aliphatic hydroxyl groups excluding tert-OH is 1. The van der Waals surface area contributed by atoms with Gasteiger partial charge in [-0.15, -0.1) is 0 Å². The fraction of sp³-hybridized carbons (Fsp3) is 0.959. The Hall–Kier alpha value is -1.14. The van der Waals surface area contributed by atoms with Gasteiger partial charge in [0.1, 0.15) is 0 Å². The molecule has 1 N–H and O–H groups in total. The lowest BCUT2D eigenvalue weighted by Gasteiger charge is -2.22. The predicted octanol–water partition coefficient (Wildman–Crippen LogP) is 14.3. The van der Waals surface area contributed by atoms with Gasteiger partial charge in [0.2, 0.25) is 0 Å². The van der Waals surface area contributed by atoms with Crippen molar-refractivity contribution in [3.05, 3.63) is 0 Å². The number of carbonyl (C=O) groups is 2. The van der Waals surface area contributed by atoms with Crippen LogP contribution in [0.25, 0.3) is 0 Å². The molecule has 0 saturated carbocycles. The van der Waals surface area contributed by atoms with Gasteiger partial charge in [-0.25, -0.2) is 0 Å². The number of hydrogen-bond acceptors (Lipinski definition) is 6. The summed E-state index contributed by atoms with van der Waals surface area (Å²) in [6.07, 6.45) is 41.2. The van der Waals surface area contributed by atoms with E-state index in [0.717, 1.165) is 77.4 Å². The van der Waals surface area contributed by atoms with E-state index in [1.54, 1.807) is 0 Å². The Morgan fingerprint density at radius 3 is 1.04 bits per heavy atom. The standard InChI is InChI=1S/C49H97NO5/c1-5-9-13-22-32-46(33-23-14-10-6-2)36-38-48(52)54-44-30-19-17-26-40-50(42-28-21-29-43-51)41-27-18-20-31-45-55-49(53)39-37-47(34-24-15-11-7-3)35-25-16-12-8-4/h46-47,51H,5-45H2,1-4H3. The minimum absolute atomic E-state index is 0.00414. The van der Waals surface area contributed by atoms with E-state index in [4.69, 9.17) is 9.47 Å². The molecule has 55 heavy (non-hydrogen) atoms. The Labute approximate surface area is 343 Å². The van der Waals surface area contributed by atoms with Crippen LogP contribution in [0.3, 0.4) is 0 Å². The molecule has 0 aromatic carbocycles. The lowest BCUT2D eigenvalue weighted by Crippen LogP contribution is -2.27. The average molecular weight is 780 g/mol. The highest BCUT2D eigenvalue weighted by Crippen LogP contribution is 2.24. The van der Waals surface area contributed by atoms with E-state index in [1.807, 2.05) is 0 Å². The Morgan fingerprint density at radius 1 is 0.400 bits per heavy atom. The normalized spacial score (nSPS) is 11.7. The average Bonchev–Trinajstić information content (AvgIpc) is 3.19. The Morgan fingerprint density at radius 2 is 0.709 bits per heavy atom. The number of hydrogen-bond donors (Lipinski definition) is 1. The van der Waals surface area contributed by atoms with Gasteiger partial charge in [0.25, 0.3) is 0 Å². The van der Waals surface area contributed by atoms with Gasteiger partial charge in [-0.3, -0.25) is 9.59 Å². The van der Waals surface area contributed by atoms with Gasteiger partial charge in [0.15, 0.2) is 0 Å². The van der Waals surface area contributed by atoms with Crippen molar-refractivity contribution in [1.82, 2.24) is 4.90 Å². The number of nitrogens with zero attached hydrogens (tertiary/aromatic N) is 1. The van der Waals surface area contributed by atoms with Crippen LogP contribution in [0.1, 0.15) is 252 Å². The summed E-state index contributed by atoms with van der Waals surface area (Å²) in [5, 5.41) is 9.21. The number of ether oxygens (including phenoxy) is 2. The second-order valence-corrected chi connectivity index (χ2v) is 17.1. The van der Waals surface area contributed by atoms with Crippen LogP contribution in [0.15, 0.2) is 0 Å². The SMILES string of the molecule is CCCCCCC(CCCCCC)CCC(=O)OCCCCCCN(CCCCCO)CCCCCCOC(=O)CCC(CCCCCC)CCCCCC. The van der Waals surface area contributed by atoms with E-state index in [2.05, 4.69) is 32.6 Å². The van der Waals surface area contributed by atoms with Crippen LogP contribution >= 0.6 is 0 Å². The van der Waals surface area contributed by atoms with Crippen molar-refractivity contribution < 1.29 is 24.2 Å². The highest BCUT2D eigenvalue weighted by Gasteiger charge is 2.14. The molecule has 0 saturated heterocycles. The van der Waals surface area contributed by atoms with Crippen LogP contribution in [-0.2, 0) is 19.1 Å². The van der Waals surface area contributed by atoms with Crippen LogP contribution in [0.5, 0.6) is 0 Å². The number of esters is 2. The highest BCUT2D eigenvalue weighted by molar-refractivity contribution is 5.69. The summed E-state index contributed by atoms with van der Waals surface area (Å²) in [6, 6.07) is 0. The first-order valence-electron chi connectivity index (χ1n) is 24.6. The fourth-order valence-electron chi connectivity index (χ4n) is 8.01. The Bertz CT molecular complexity index is 709. The van der Waals surface area contributed by atoms with Gasteiger partial charge < -0.3 is 19.5 Å². The summed E-state index contributed by atoms with van der Waals surface area (Å²) >= 11 is 0. The quantitative estimate of drug-likeness (QED) is 0.0490. The summed E-state index contributed by atoms with van der Waals surface area (Å²) in [6.45, 7) is 13.8. The zero-order chi connectivity index (χ0) is 40.3. The predicted molar refractivity (Wildman–Crippen MR) is 237 cm³/mol. The summed E-state index contributed by atoms with van der Waals surface area (Å²) in [5.41, 5.74) is 0. The lowest BCUT2D eigenvalue weighted by molar-refractivity contribution is -0.145. The second-order valence-electron chi connectivity index (χ2n) is 17.1. The van der Waals surface area contributed by atoms with Crippen LogP contribution in [0.4, 0.5) is 0 Å². The van der Waals surface area contributed by atoms with E-state index in [0.29, 0.717) is 37.9 Å². The van der Waals surface area contributed by atoms with Crippen molar-refractivity contribution in [3.8, 4) is 0 Å². The number of unbranched alkanes of at least 4 members (excludes halogenated alkanes) is 20. The lowest BCUT2D eigenvalue weighted by atomic mass is 9.90. The second kappa shape index (κ2) is 44.0. The zero-order valence-corrected chi connectivity index (χ0v) is 37.7. The Kier molecular flexibility index (Phi) is 43.1. The molecule has 0 aromatic heterocycles. The largest absolute Gasteiger partial charge is 0.466 e. The molecular weight excluding hydrogens is 683 g/mol. The van der Waals surface area contributed by atoms with Crippen molar-refractivity contribution in [2.75, 3.05) is 39.5 Å². The first-order valence-corrected chi connectivity index (χ1v) is 24.6. The smallest absolute Gasteiger partial charge is 0.305 e. The zero-order valence-electron chi connectivity index (χ0n) is 37.7. The molecular formula is C49H97NO5. The maximum absolute atomic E-state index is 12.5. The molecule has 0 aliphatic carbocycles. The third-order valence-corrected chi connectivity index (χ3v) is 11.8. The number of aliphatic hydroxyl groups is 1. The monoisotopic (exact) mass is 780 g/mol. The fourth-order valence-corrected chi connectivity index (χ4v) is 8.01. The van der Waals surface area contributed by atoms with Gasteiger partial charge >= 0.3 is 11.9 Å². The van der Waals surface area contributed by atoms with E-state index < -0.39 is 0 Å². The molecule has 328 valence electrons. The third kappa shape index (κ3) is 39.5. The van der Waals surface area contributed by atoms with Gasteiger partial charge in [-0.05, 0) is 89.3 Å². The van der Waals surface area contributed by atoms with Crippen molar-refractivity contribution in [3.63, 3.8) is 0 Å². The van der Waals surface area contributed by atoms with Crippen LogP contribution < -0.4 is 0 Å². The molecule has 0 amide bonds. The van der Waals surface area contributed by atoms with Crippen LogP contribution in [0.2, 0.25) is 0 Å². The molecule has 0 radical (unpaired) electrons. The van der Waals surface area contributed by atoms with Crippen LogP contribution in [-0.4, -0.2) is 61.4 Å². The van der Waals surface area contributed by atoms with E-state index in [1.165, 1.54) is 154 Å². The molecule has 0 unspecified atom stereocenters. The molecule has 0 heterocycles. The molecule has 6 nitrogen and oxygen atoms in total. The van der Waals surface area contributed by atoms with Gasteiger partial charge in [0.05, 0.1) is 13.2 Å². The maximum Gasteiger partial charge on any atom is 0.305 e. The summed E-state index contributed by atoms with van der Waals surface area (Å²) in [4.78, 5) is 27.6. The number of rotatable bonds is 45. The molecule has 0 aliphatic rings. The molecule has 0 spiro atoms. The van der Waals surface area contributed by atoms with E-state index in [9.17, 15) is 14.7 Å².